The van der Waals surface area contributed by atoms with E-state index < -0.39 is 5.97 Å². The maximum absolute atomic E-state index is 10.8. The fourth-order valence-corrected chi connectivity index (χ4v) is 2.50. The van der Waals surface area contributed by atoms with Crippen molar-refractivity contribution in [2.24, 2.45) is 0 Å². The molecule has 4 nitrogen and oxygen atoms in total. The number of aryl methyl sites for hydroxylation is 1. The van der Waals surface area contributed by atoms with Crippen LogP contribution in [0.15, 0.2) is 0 Å². The summed E-state index contributed by atoms with van der Waals surface area (Å²) in [6, 6.07) is 0. The Kier molecular flexibility index (Phi) is 2.74. The molecule has 0 saturated carbocycles. The van der Waals surface area contributed by atoms with Crippen LogP contribution in [-0.4, -0.2) is 21.3 Å². The summed E-state index contributed by atoms with van der Waals surface area (Å²) in [6.07, 6.45) is 4.59. The summed E-state index contributed by atoms with van der Waals surface area (Å²) in [5.41, 5.74) is 3.04. The molecule has 2 rings (SSSR count). The lowest BCUT2D eigenvalue weighted by Crippen LogP contribution is -2.24. The predicted octanol–water partition coefficient (Wildman–Crippen LogP) is 2.04. The van der Waals surface area contributed by atoms with Gasteiger partial charge in [-0.1, -0.05) is 13.8 Å². The molecule has 0 aromatic carbocycles. The largest absolute Gasteiger partial charge is 0.481 e. The number of H-pyrrole nitrogens is 1. The molecule has 0 saturated heterocycles. The van der Waals surface area contributed by atoms with Crippen LogP contribution in [0.3, 0.4) is 0 Å². The summed E-state index contributed by atoms with van der Waals surface area (Å²) < 4.78 is 0. The Morgan fingerprint density at radius 2 is 2.12 bits per heavy atom. The van der Waals surface area contributed by atoms with Crippen molar-refractivity contribution in [2.45, 2.75) is 51.4 Å². The van der Waals surface area contributed by atoms with Gasteiger partial charge in [0.2, 0.25) is 0 Å². The Morgan fingerprint density at radius 1 is 1.44 bits per heavy atom. The smallest absolute Gasteiger partial charge is 0.304 e. The monoisotopic (exact) mass is 222 g/mol. The molecule has 1 aliphatic rings. The molecule has 1 aromatic heterocycles. The molecule has 88 valence electrons. The summed E-state index contributed by atoms with van der Waals surface area (Å²) >= 11 is 0. The Morgan fingerprint density at radius 3 is 2.81 bits per heavy atom. The second-order valence-electron chi connectivity index (χ2n) is 5.19. The average Bonchev–Trinajstić information content (AvgIpc) is 2.59. The van der Waals surface area contributed by atoms with Crippen LogP contribution in [0.25, 0.3) is 0 Å². The van der Waals surface area contributed by atoms with Crippen LogP contribution in [0.2, 0.25) is 0 Å². The van der Waals surface area contributed by atoms with Gasteiger partial charge in [-0.3, -0.25) is 9.89 Å². The van der Waals surface area contributed by atoms with Crippen molar-refractivity contribution in [1.82, 2.24) is 10.2 Å². The molecule has 0 fully saturated rings. The number of aromatic nitrogens is 2. The third-order valence-electron chi connectivity index (χ3n) is 3.29. The summed E-state index contributed by atoms with van der Waals surface area (Å²) in [5, 5.41) is 16.3. The summed E-state index contributed by atoms with van der Waals surface area (Å²) in [5.74, 6) is -0.766. The zero-order chi connectivity index (χ0) is 11.8. The van der Waals surface area contributed by atoms with E-state index in [2.05, 4.69) is 10.2 Å². The van der Waals surface area contributed by atoms with Gasteiger partial charge in [0.1, 0.15) is 0 Å². The van der Waals surface area contributed by atoms with Crippen molar-refractivity contribution in [3.8, 4) is 0 Å². The number of hydrogen-bond acceptors (Lipinski definition) is 2. The van der Waals surface area contributed by atoms with E-state index in [-0.39, 0.29) is 11.8 Å². The lowest BCUT2D eigenvalue weighted by Gasteiger charge is -2.23. The molecule has 0 radical (unpaired) electrons. The standard InChI is InChI=1S/C12H18N2O2/c1-12(2,7-10(15)16)11-8-5-3-4-6-9(8)13-14-11/h3-7H2,1-2H3,(H,13,14)(H,15,16). The first-order valence-electron chi connectivity index (χ1n) is 5.79. The Labute approximate surface area is 95.1 Å². The first kappa shape index (κ1) is 11.2. The minimum atomic E-state index is -0.766. The van der Waals surface area contributed by atoms with E-state index in [4.69, 9.17) is 5.11 Å². The van der Waals surface area contributed by atoms with Gasteiger partial charge in [-0.25, -0.2) is 0 Å². The van der Waals surface area contributed by atoms with E-state index in [1.165, 1.54) is 24.1 Å². The van der Waals surface area contributed by atoms with Crippen molar-refractivity contribution in [3.63, 3.8) is 0 Å². The minimum Gasteiger partial charge on any atom is -0.481 e. The van der Waals surface area contributed by atoms with Gasteiger partial charge in [-0.05, 0) is 31.2 Å². The summed E-state index contributed by atoms with van der Waals surface area (Å²) in [4.78, 5) is 10.8. The number of aromatic amines is 1. The fraction of sp³-hybridized carbons (Fsp3) is 0.667. The van der Waals surface area contributed by atoms with Gasteiger partial charge in [-0.15, -0.1) is 0 Å². The first-order valence-corrected chi connectivity index (χ1v) is 5.79. The third kappa shape index (κ3) is 1.96. The number of fused-ring (bicyclic) bond motifs is 1. The highest BCUT2D eigenvalue weighted by atomic mass is 16.4. The molecule has 0 bridgehead atoms. The number of carboxylic acids is 1. The van der Waals surface area contributed by atoms with E-state index in [0.717, 1.165) is 18.5 Å². The molecular weight excluding hydrogens is 204 g/mol. The second-order valence-corrected chi connectivity index (χ2v) is 5.19. The molecule has 2 N–H and O–H groups in total. The molecule has 1 heterocycles. The number of nitrogens with zero attached hydrogens (tertiary/aromatic N) is 1. The van der Waals surface area contributed by atoms with Crippen molar-refractivity contribution >= 4 is 5.97 Å². The lowest BCUT2D eigenvalue weighted by atomic mass is 9.80. The third-order valence-corrected chi connectivity index (χ3v) is 3.29. The van der Waals surface area contributed by atoms with Crippen LogP contribution < -0.4 is 0 Å². The topological polar surface area (TPSA) is 66.0 Å². The number of nitrogens with one attached hydrogen (secondary N) is 1. The molecule has 16 heavy (non-hydrogen) atoms. The number of carbonyl (C=O) groups is 1. The molecule has 1 aliphatic carbocycles. The van der Waals surface area contributed by atoms with Crippen molar-refractivity contribution in [3.05, 3.63) is 17.0 Å². The normalized spacial score (nSPS) is 15.9. The van der Waals surface area contributed by atoms with Gasteiger partial charge in [-0.2, -0.15) is 5.10 Å². The molecule has 0 amide bonds. The van der Waals surface area contributed by atoms with Crippen molar-refractivity contribution in [1.29, 1.82) is 0 Å². The molecule has 0 atom stereocenters. The summed E-state index contributed by atoms with van der Waals surface area (Å²) in [7, 11) is 0. The molecule has 0 unspecified atom stereocenters. The van der Waals surface area contributed by atoms with E-state index in [0.29, 0.717) is 0 Å². The number of rotatable bonds is 3. The quantitative estimate of drug-likeness (QED) is 0.822. The zero-order valence-corrected chi connectivity index (χ0v) is 9.84. The molecule has 1 aromatic rings. The average molecular weight is 222 g/mol. The molecule has 0 spiro atoms. The van der Waals surface area contributed by atoms with Gasteiger partial charge in [0.25, 0.3) is 0 Å². The SMILES string of the molecule is CC(C)(CC(=O)O)c1n[nH]c2c1CCCC2. The number of hydrogen-bond donors (Lipinski definition) is 2. The fourth-order valence-electron chi connectivity index (χ4n) is 2.50. The maximum atomic E-state index is 10.8. The molecule has 0 aliphatic heterocycles. The zero-order valence-electron chi connectivity index (χ0n) is 9.84. The van der Waals surface area contributed by atoms with Crippen LogP contribution in [-0.2, 0) is 23.1 Å². The van der Waals surface area contributed by atoms with Gasteiger partial charge in [0, 0.05) is 11.1 Å². The van der Waals surface area contributed by atoms with E-state index in [9.17, 15) is 4.79 Å². The second kappa shape index (κ2) is 3.92. The van der Waals surface area contributed by atoms with Crippen LogP contribution in [0.4, 0.5) is 0 Å². The van der Waals surface area contributed by atoms with E-state index >= 15 is 0 Å². The van der Waals surface area contributed by atoms with Crippen molar-refractivity contribution < 1.29 is 9.90 Å². The van der Waals surface area contributed by atoms with Crippen LogP contribution >= 0.6 is 0 Å². The lowest BCUT2D eigenvalue weighted by molar-refractivity contribution is -0.138. The van der Waals surface area contributed by atoms with Crippen molar-refractivity contribution in [2.75, 3.05) is 0 Å². The van der Waals surface area contributed by atoms with Crippen LogP contribution in [0, 0.1) is 0 Å². The highest BCUT2D eigenvalue weighted by molar-refractivity contribution is 5.68. The maximum Gasteiger partial charge on any atom is 0.304 e. The van der Waals surface area contributed by atoms with E-state index in [1.54, 1.807) is 0 Å². The number of aliphatic carboxylic acids is 1. The highest BCUT2D eigenvalue weighted by Gasteiger charge is 2.31. The van der Waals surface area contributed by atoms with Crippen LogP contribution in [0.1, 0.15) is 50.1 Å². The Bertz CT molecular complexity index is 407. The molecular formula is C12H18N2O2. The van der Waals surface area contributed by atoms with Gasteiger partial charge in [0.15, 0.2) is 0 Å². The highest BCUT2D eigenvalue weighted by Crippen LogP contribution is 2.32. The van der Waals surface area contributed by atoms with Gasteiger partial charge >= 0.3 is 5.97 Å². The molecule has 4 heteroatoms. The van der Waals surface area contributed by atoms with Gasteiger partial charge in [0.05, 0.1) is 12.1 Å². The minimum absolute atomic E-state index is 0.129. The Balaban J connectivity index is 2.32. The number of carboxylic acid groups (broad SMARTS) is 1. The Hall–Kier alpha value is -1.32. The van der Waals surface area contributed by atoms with E-state index in [1.807, 2.05) is 13.8 Å². The summed E-state index contributed by atoms with van der Waals surface area (Å²) in [6.45, 7) is 3.90. The first-order chi connectivity index (χ1) is 7.50. The van der Waals surface area contributed by atoms with Crippen LogP contribution in [0.5, 0.6) is 0 Å². The van der Waals surface area contributed by atoms with Gasteiger partial charge < -0.3 is 5.11 Å². The predicted molar refractivity (Wildman–Crippen MR) is 60.5 cm³/mol.